The lowest BCUT2D eigenvalue weighted by Crippen LogP contribution is -2.10. The number of nitrogens with zero attached hydrogens (tertiary/aromatic N) is 3. The Balaban J connectivity index is 2.03. The highest BCUT2D eigenvalue weighted by molar-refractivity contribution is 6.33. The Hall–Kier alpha value is -2.66. The predicted octanol–water partition coefficient (Wildman–Crippen LogP) is 2.73. The lowest BCUT2D eigenvalue weighted by molar-refractivity contribution is 0.103. The smallest absolute Gasteiger partial charge is 0.213 e. The van der Waals surface area contributed by atoms with Gasteiger partial charge in [-0.05, 0) is 30.3 Å². The normalized spacial score (nSPS) is 10.5. The van der Waals surface area contributed by atoms with Crippen molar-refractivity contribution in [2.45, 2.75) is 0 Å². The molecule has 0 unspecified atom stereocenters. The van der Waals surface area contributed by atoms with Crippen molar-refractivity contribution in [3.63, 3.8) is 0 Å². The first-order valence-electron chi connectivity index (χ1n) is 6.22. The molecule has 0 atom stereocenters. The van der Waals surface area contributed by atoms with Crippen LogP contribution in [0.4, 0.5) is 5.69 Å². The second kappa shape index (κ2) is 5.38. The summed E-state index contributed by atoms with van der Waals surface area (Å²) in [6, 6.07) is 14.1. The van der Waals surface area contributed by atoms with Gasteiger partial charge >= 0.3 is 0 Å². The summed E-state index contributed by atoms with van der Waals surface area (Å²) >= 11 is 5.87. The molecule has 0 aliphatic rings. The standard InChI is InChI=1S/C15H11ClN4O/c16-12-7-6-10(8-13(12)17)15(21)14-9-18-19-20(14)11-4-2-1-3-5-11/h1-9H,17H2. The van der Waals surface area contributed by atoms with E-state index < -0.39 is 0 Å². The molecule has 0 bridgehead atoms. The van der Waals surface area contributed by atoms with Crippen molar-refractivity contribution < 1.29 is 4.79 Å². The number of carbonyl (C=O) groups excluding carboxylic acids is 1. The van der Waals surface area contributed by atoms with E-state index in [0.717, 1.165) is 5.69 Å². The fraction of sp³-hybridized carbons (Fsp3) is 0. The van der Waals surface area contributed by atoms with Gasteiger partial charge in [-0.1, -0.05) is 35.0 Å². The number of nitrogens with two attached hydrogens (primary N) is 1. The molecule has 3 rings (SSSR count). The van der Waals surface area contributed by atoms with Crippen LogP contribution in [0.15, 0.2) is 54.7 Å². The van der Waals surface area contributed by atoms with Gasteiger partial charge in [0.05, 0.1) is 22.6 Å². The molecular weight excluding hydrogens is 288 g/mol. The van der Waals surface area contributed by atoms with Crippen LogP contribution in [-0.4, -0.2) is 20.8 Å². The third kappa shape index (κ3) is 2.51. The Morgan fingerprint density at radius 3 is 2.62 bits per heavy atom. The summed E-state index contributed by atoms with van der Waals surface area (Å²) in [6.45, 7) is 0. The highest BCUT2D eigenvalue weighted by atomic mass is 35.5. The molecule has 0 saturated carbocycles. The van der Waals surface area contributed by atoms with E-state index in [2.05, 4.69) is 10.3 Å². The van der Waals surface area contributed by atoms with Crippen molar-refractivity contribution in [3.05, 3.63) is 71.0 Å². The molecule has 2 N–H and O–H groups in total. The number of hydrogen-bond donors (Lipinski definition) is 1. The first-order chi connectivity index (χ1) is 10.2. The molecule has 1 aromatic heterocycles. The summed E-state index contributed by atoms with van der Waals surface area (Å²) < 4.78 is 1.49. The summed E-state index contributed by atoms with van der Waals surface area (Å²) in [5.74, 6) is -0.216. The zero-order valence-electron chi connectivity index (χ0n) is 10.9. The zero-order chi connectivity index (χ0) is 14.8. The molecule has 6 heteroatoms. The van der Waals surface area contributed by atoms with Crippen LogP contribution in [-0.2, 0) is 0 Å². The van der Waals surface area contributed by atoms with Crippen LogP contribution in [0.2, 0.25) is 5.02 Å². The maximum absolute atomic E-state index is 12.6. The van der Waals surface area contributed by atoms with Gasteiger partial charge in [0.25, 0.3) is 0 Å². The molecule has 0 fully saturated rings. The Morgan fingerprint density at radius 1 is 1.14 bits per heavy atom. The second-order valence-electron chi connectivity index (χ2n) is 4.43. The Morgan fingerprint density at radius 2 is 1.90 bits per heavy atom. The third-order valence-corrected chi connectivity index (χ3v) is 3.39. The minimum atomic E-state index is -0.216. The Kier molecular flexibility index (Phi) is 3.41. The van der Waals surface area contributed by atoms with Crippen LogP contribution < -0.4 is 5.73 Å². The van der Waals surface area contributed by atoms with Crippen molar-refractivity contribution in [2.75, 3.05) is 5.73 Å². The van der Waals surface area contributed by atoms with Crippen LogP contribution in [0.3, 0.4) is 0 Å². The number of anilines is 1. The molecule has 0 spiro atoms. The van der Waals surface area contributed by atoms with Crippen LogP contribution in [0.1, 0.15) is 16.1 Å². The van der Waals surface area contributed by atoms with Gasteiger partial charge in [-0.2, -0.15) is 0 Å². The van der Waals surface area contributed by atoms with Gasteiger partial charge in [0.15, 0.2) is 0 Å². The van der Waals surface area contributed by atoms with Crippen molar-refractivity contribution in [1.29, 1.82) is 0 Å². The molecule has 104 valence electrons. The number of para-hydroxylation sites is 1. The van der Waals surface area contributed by atoms with Crippen molar-refractivity contribution in [3.8, 4) is 5.69 Å². The van der Waals surface area contributed by atoms with Crippen LogP contribution in [0.5, 0.6) is 0 Å². The zero-order valence-corrected chi connectivity index (χ0v) is 11.7. The van der Waals surface area contributed by atoms with Gasteiger partial charge in [-0.15, -0.1) is 5.10 Å². The molecule has 0 amide bonds. The fourth-order valence-corrected chi connectivity index (χ4v) is 2.10. The van der Waals surface area contributed by atoms with E-state index in [-0.39, 0.29) is 5.78 Å². The molecule has 5 nitrogen and oxygen atoms in total. The van der Waals surface area contributed by atoms with E-state index in [1.165, 1.54) is 10.9 Å². The fourth-order valence-electron chi connectivity index (χ4n) is 1.98. The van der Waals surface area contributed by atoms with Crippen molar-refractivity contribution >= 4 is 23.1 Å². The SMILES string of the molecule is Nc1cc(C(=O)c2cnnn2-c2ccccc2)ccc1Cl. The lowest BCUT2D eigenvalue weighted by atomic mass is 10.1. The molecule has 1 heterocycles. The molecule has 0 radical (unpaired) electrons. The highest BCUT2D eigenvalue weighted by Gasteiger charge is 2.17. The number of carbonyl (C=O) groups is 1. The molecule has 0 saturated heterocycles. The second-order valence-corrected chi connectivity index (χ2v) is 4.84. The van der Waals surface area contributed by atoms with E-state index in [4.69, 9.17) is 17.3 Å². The minimum absolute atomic E-state index is 0.216. The van der Waals surface area contributed by atoms with Gasteiger partial charge in [-0.25, -0.2) is 4.68 Å². The average Bonchev–Trinajstić information content (AvgIpc) is 2.99. The van der Waals surface area contributed by atoms with E-state index >= 15 is 0 Å². The predicted molar refractivity (Wildman–Crippen MR) is 80.7 cm³/mol. The van der Waals surface area contributed by atoms with Crippen LogP contribution in [0.25, 0.3) is 5.69 Å². The molecule has 3 aromatic rings. The number of rotatable bonds is 3. The van der Waals surface area contributed by atoms with Gasteiger partial charge in [0, 0.05) is 5.56 Å². The Bertz CT molecular complexity index is 798. The van der Waals surface area contributed by atoms with E-state index in [9.17, 15) is 4.79 Å². The number of halogens is 1. The highest BCUT2D eigenvalue weighted by Crippen LogP contribution is 2.21. The number of hydrogen-bond acceptors (Lipinski definition) is 4. The molecule has 21 heavy (non-hydrogen) atoms. The first kappa shape index (κ1) is 13.3. The quantitative estimate of drug-likeness (QED) is 0.596. The van der Waals surface area contributed by atoms with Crippen LogP contribution >= 0.6 is 11.6 Å². The van der Waals surface area contributed by atoms with Gasteiger partial charge in [0.2, 0.25) is 5.78 Å². The largest absolute Gasteiger partial charge is 0.398 e. The van der Waals surface area contributed by atoms with E-state index in [0.29, 0.717) is 22.0 Å². The summed E-state index contributed by atoms with van der Waals surface area (Å²) in [7, 11) is 0. The maximum atomic E-state index is 12.6. The van der Waals surface area contributed by atoms with Gasteiger partial charge < -0.3 is 5.73 Å². The van der Waals surface area contributed by atoms with E-state index in [1.54, 1.807) is 18.2 Å². The third-order valence-electron chi connectivity index (χ3n) is 3.04. The van der Waals surface area contributed by atoms with Gasteiger partial charge in [0.1, 0.15) is 5.69 Å². The number of benzene rings is 2. The maximum Gasteiger partial charge on any atom is 0.213 e. The lowest BCUT2D eigenvalue weighted by Gasteiger charge is -2.06. The summed E-state index contributed by atoms with van der Waals surface area (Å²) in [6.07, 6.45) is 1.43. The summed E-state index contributed by atoms with van der Waals surface area (Å²) in [4.78, 5) is 12.6. The topological polar surface area (TPSA) is 73.8 Å². The minimum Gasteiger partial charge on any atom is -0.398 e. The van der Waals surface area contributed by atoms with E-state index in [1.807, 2.05) is 30.3 Å². The first-order valence-corrected chi connectivity index (χ1v) is 6.60. The van der Waals surface area contributed by atoms with Crippen molar-refractivity contribution in [2.24, 2.45) is 0 Å². The molecule has 2 aromatic carbocycles. The summed E-state index contributed by atoms with van der Waals surface area (Å²) in [5, 5.41) is 8.20. The molecule has 0 aliphatic carbocycles. The monoisotopic (exact) mass is 298 g/mol. The number of aromatic nitrogens is 3. The number of ketones is 1. The van der Waals surface area contributed by atoms with Gasteiger partial charge in [-0.3, -0.25) is 4.79 Å². The average molecular weight is 299 g/mol. The Labute approximate surface area is 126 Å². The molecule has 0 aliphatic heterocycles. The molecular formula is C15H11ClN4O. The van der Waals surface area contributed by atoms with Crippen LogP contribution in [0, 0.1) is 0 Å². The summed E-state index contributed by atoms with van der Waals surface area (Å²) in [5.41, 5.74) is 7.67. The number of nitrogen functional groups attached to an aromatic ring is 1. The van der Waals surface area contributed by atoms with Crippen molar-refractivity contribution in [1.82, 2.24) is 15.0 Å².